The number of aliphatic hydroxyl groups is 1. The Morgan fingerprint density at radius 1 is 1.07 bits per heavy atom. The lowest BCUT2D eigenvalue weighted by molar-refractivity contribution is 0.118. The van der Waals surface area contributed by atoms with Crippen molar-refractivity contribution in [1.82, 2.24) is 5.32 Å². The minimum absolute atomic E-state index is 0.117. The summed E-state index contributed by atoms with van der Waals surface area (Å²) < 4.78 is 27.7. The van der Waals surface area contributed by atoms with Crippen molar-refractivity contribution in [3.05, 3.63) is 59.2 Å². The summed E-state index contributed by atoms with van der Waals surface area (Å²) in [4.78, 5) is 0. The van der Waals surface area contributed by atoms with E-state index >= 15 is 0 Å². The normalized spacial score (nSPS) is 16.0. The Labute approximate surface area is 165 Å². The van der Waals surface area contributed by atoms with E-state index in [0.717, 1.165) is 19.1 Å². The van der Waals surface area contributed by atoms with E-state index in [0.29, 0.717) is 6.54 Å². The van der Waals surface area contributed by atoms with Gasteiger partial charge < -0.3 is 10.4 Å². The van der Waals surface area contributed by atoms with Gasteiger partial charge in [-0.25, -0.2) is 0 Å². The number of hydrogen-bond acceptors (Lipinski definition) is 5. The fourth-order valence-corrected chi connectivity index (χ4v) is 4.59. The summed E-state index contributed by atoms with van der Waals surface area (Å²) in [7, 11) is -3.57. The average molecular weight is 400 g/mol. The van der Waals surface area contributed by atoms with Gasteiger partial charge in [0.15, 0.2) is 0 Å². The zero-order chi connectivity index (χ0) is 19.9. The predicted molar refractivity (Wildman–Crippen MR) is 112 cm³/mol. The van der Waals surface area contributed by atoms with Crippen molar-refractivity contribution in [3.63, 3.8) is 0 Å². The van der Waals surface area contributed by atoms with Gasteiger partial charge in [0.05, 0.1) is 25.0 Å². The molecular formula is C22H25NO4S. The Kier molecular flexibility index (Phi) is 4.91. The lowest BCUT2D eigenvalue weighted by Gasteiger charge is -2.29. The summed E-state index contributed by atoms with van der Waals surface area (Å²) >= 11 is 0. The highest BCUT2D eigenvalue weighted by Crippen LogP contribution is 2.39. The van der Waals surface area contributed by atoms with Crippen molar-refractivity contribution in [1.29, 1.82) is 0 Å². The molecule has 4 rings (SSSR count). The molecule has 0 amide bonds. The van der Waals surface area contributed by atoms with E-state index in [2.05, 4.69) is 41.7 Å². The molecule has 0 spiro atoms. The quantitative estimate of drug-likeness (QED) is 0.472. The van der Waals surface area contributed by atoms with Crippen molar-refractivity contribution in [2.75, 3.05) is 19.5 Å². The monoisotopic (exact) mass is 399 g/mol. The van der Waals surface area contributed by atoms with Gasteiger partial charge in [0, 0.05) is 6.54 Å². The first-order valence-corrected chi connectivity index (χ1v) is 11.3. The van der Waals surface area contributed by atoms with E-state index in [1.165, 1.54) is 38.2 Å². The predicted octanol–water partition coefficient (Wildman–Crippen LogP) is 2.91. The standard InChI is InChI=1S/C22H25NO4S/c1-22(13-24,14-27-28(2,25)26)23-12-20-17-8-4-3-7-16(17)18-9-5-6-15-10-11-19(20)21(15)18/h3-9,23-24H,10-14H2,1-2H3. The molecule has 0 fully saturated rings. The topological polar surface area (TPSA) is 75.6 Å². The van der Waals surface area contributed by atoms with Crippen LogP contribution in [0.1, 0.15) is 23.6 Å². The molecule has 6 heteroatoms. The molecule has 0 saturated carbocycles. The van der Waals surface area contributed by atoms with E-state index < -0.39 is 15.7 Å². The van der Waals surface area contributed by atoms with Crippen LogP contribution in [0.25, 0.3) is 21.5 Å². The molecule has 1 unspecified atom stereocenters. The third kappa shape index (κ3) is 3.53. The molecule has 2 N–H and O–H groups in total. The van der Waals surface area contributed by atoms with Crippen LogP contribution in [0, 0.1) is 0 Å². The third-order valence-electron chi connectivity index (χ3n) is 5.64. The lowest BCUT2D eigenvalue weighted by Crippen LogP contribution is -2.49. The van der Waals surface area contributed by atoms with Gasteiger partial charge in [0.1, 0.15) is 0 Å². The molecule has 0 saturated heterocycles. The van der Waals surface area contributed by atoms with Crippen LogP contribution in [-0.2, 0) is 33.7 Å². The first kappa shape index (κ1) is 19.3. The van der Waals surface area contributed by atoms with E-state index in [1.807, 2.05) is 6.07 Å². The Hall–Kier alpha value is -1.99. The Morgan fingerprint density at radius 3 is 2.50 bits per heavy atom. The summed E-state index contributed by atoms with van der Waals surface area (Å²) in [5.41, 5.74) is 3.09. The molecule has 1 aliphatic rings. The van der Waals surface area contributed by atoms with Gasteiger partial charge in [-0.1, -0.05) is 42.5 Å². The third-order valence-corrected chi connectivity index (χ3v) is 6.18. The number of hydrogen-bond donors (Lipinski definition) is 2. The lowest BCUT2D eigenvalue weighted by atomic mass is 9.92. The number of aliphatic hydroxyl groups excluding tert-OH is 1. The number of nitrogens with one attached hydrogen (secondary N) is 1. The largest absolute Gasteiger partial charge is 0.394 e. The Balaban J connectivity index is 1.75. The fourth-order valence-electron chi connectivity index (χ4n) is 4.11. The van der Waals surface area contributed by atoms with Crippen LogP contribution in [0.3, 0.4) is 0 Å². The van der Waals surface area contributed by atoms with Crippen LogP contribution in [0.15, 0.2) is 42.5 Å². The maximum atomic E-state index is 11.4. The fraction of sp³-hybridized carbons (Fsp3) is 0.364. The van der Waals surface area contributed by atoms with Gasteiger partial charge in [-0.15, -0.1) is 0 Å². The molecule has 28 heavy (non-hydrogen) atoms. The SMILES string of the molecule is CC(CO)(COS(C)(=O)=O)NCc1c2c3c(cccc3c3ccccc13)CC2. The maximum absolute atomic E-state index is 11.4. The van der Waals surface area contributed by atoms with Crippen LogP contribution in [-0.4, -0.2) is 38.5 Å². The molecule has 0 radical (unpaired) electrons. The van der Waals surface area contributed by atoms with Crippen molar-refractivity contribution < 1.29 is 17.7 Å². The summed E-state index contributed by atoms with van der Waals surface area (Å²) in [6.45, 7) is 1.96. The van der Waals surface area contributed by atoms with Crippen LogP contribution in [0.5, 0.6) is 0 Å². The van der Waals surface area contributed by atoms with Gasteiger partial charge in [-0.2, -0.15) is 8.42 Å². The van der Waals surface area contributed by atoms with E-state index in [-0.39, 0.29) is 13.2 Å². The smallest absolute Gasteiger partial charge is 0.264 e. The molecule has 0 aromatic heterocycles. The number of benzene rings is 3. The highest BCUT2D eigenvalue weighted by atomic mass is 32.2. The molecule has 3 aromatic rings. The minimum atomic E-state index is -3.57. The van der Waals surface area contributed by atoms with Crippen molar-refractivity contribution in [2.24, 2.45) is 0 Å². The number of rotatable bonds is 7. The van der Waals surface area contributed by atoms with E-state index in [9.17, 15) is 13.5 Å². The summed E-state index contributed by atoms with van der Waals surface area (Å²) in [6.07, 6.45) is 3.04. The molecule has 1 atom stereocenters. The number of aryl methyl sites for hydroxylation is 2. The first-order chi connectivity index (χ1) is 13.3. The second-order valence-electron chi connectivity index (χ2n) is 7.88. The molecule has 1 aliphatic carbocycles. The maximum Gasteiger partial charge on any atom is 0.264 e. The van der Waals surface area contributed by atoms with Gasteiger partial charge in [0.25, 0.3) is 10.1 Å². The summed E-state index contributed by atoms with van der Waals surface area (Å²) in [5.74, 6) is 0. The first-order valence-electron chi connectivity index (χ1n) is 9.46. The van der Waals surface area contributed by atoms with Crippen molar-refractivity contribution in [3.8, 4) is 0 Å². The van der Waals surface area contributed by atoms with Crippen LogP contribution in [0.4, 0.5) is 0 Å². The highest BCUT2D eigenvalue weighted by molar-refractivity contribution is 7.85. The van der Waals surface area contributed by atoms with Crippen molar-refractivity contribution >= 4 is 31.7 Å². The molecule has 0 aliphatic heterocycles. The highest BCUT2D eigenvalue weighted by Gasteiger charge is 2.27. The second kappa shape index (κ2) is 7.12. The molecule has 0 bridgehead atoms. The zero-order valence-electron chi connectivity index (χ0n) is 16.2. The van der Waals surface area contributed by atoms with Crippen LogP contribution >= 0.6 is 0 Å². The minimum Gasteiger partial charge on any atom is -0.394 e. The Morgan fingerprint density at radius 2 is 1.79 bits per heavy atom. The van der Waals surface area contributed by atoms with Crippen LogP contribution in [0.2, 0.25) is 0 Å². The average Bonchev–Trinajstić information content (AvgIpc) is 3.11. The summed E-state index contributed by atoms with van der Waals surface area (Å²) in [6, 6.07) is 14.9. The molecule has 5 nitrogen and oxygen atoms in total. The summed E-state index contributed by atoms with van der Waals surface area (Å²) in [5, 5.41) is 18.2. The van der Waals surface area contributed by atoms with Gasteiger partial charge >= 0.3 is 0 Å². The van der Waals surface area contributed by atoms with Gasteiger partial charge in [-0.3, -0.25) is 4.18 Å². The Bertz CT molecular complexity index is 1160. The van der Waals surface area contributed by atoms with Crippen molar-refractivity contribution in [2.45, 2.75) is 31.8 Å². The molecular weight excluding hydrogens is 374 g/mol. The van der Waals surface area contributed by atoms with Gasteiger partial charge in [0.2, 0.25) is 0 Å². The molecule has 148 valence electrons. The molecule has 3 aromatic carbocycles. The number of fused-ring (bicyclic) bond motifs is 2. The van der Waals surface area contributed by atoms with E-state index in [1.54, 1.807) is 6.92 Å². The van der Waals surface area contributed by atoms with Gasteiger partial charge in [-0.05, 0) is 58.0 Å². The molecule has 0 heterocycles. The zero-order valence-corrected chi connectivity index (χ0v) is 17.0. The van der Waals surface area contributed by atoms with Crippen LogP contribution < -0.4 is 5.32 Å². The van der Waals surface area contributed by atoms with E-state index in [4.69, 9.17) is 4.18 Å². The second-order valence-corrected chi connectivity index (χ2v) is 9.52.